The van der Waals surface area contributed by atoms with Gasteiger partial charge in [0.25, 0.3) is 0 Å². The van der Waals surface area contributed by atoms with Crippen molar-refractivity contribution in [2.24, 2.45) is 0 Å². The Kier molecular flexibility index (Phi) is 5.51. The molecule has 126 valence electrons. The molecule has 3 rings (SSSR count). The molecular formula is C18H26N2O3. The van der Waals surface area contributed by atoms with Crippen LogP contribution in [0.5, 0.6) is 5.75 Å². The fraction of sp³-hybridized carbons (Fsp3) is 0.611. The van der Waals surface area contributed by atoms with Gasteiger partial charge in [0.15, 0.2) is 0 Å². The van der Waals surface area contributed by atoms with Crippen molar-refractivity contribution in [2.45, 2.75) is 44.8 Å². The number of benzene rings is 1. The topological polar surface area (TPSA) is 50.8 Å². The lowest BCUT2D eigenvalue weighted by Crippen LogP contribution is -2.46. The first-order valence-corrected chi connectivity index (χ1v) is 8.65. The van der Waals surface area contributed by atoms with E-state index in [-0.39, 0.29) is 18.1 Å². The van der Waals surface area contributed by atoms with Gasteiger partial charge in [0.1, 0.15) is 11.9 Å². The smallest absolute Gasteiger partial charge is 0.241 e. The molecule has 1 aromatic carbocycles. The SMILES string of the molecule is CCN1CCCC[C@@H]1C(=O)Nc1ccc(O[C@@H]2CCOC2)cc1. The number of piperidine rings is 1. The first-order valence-electron chi connectivity index (χ1n) is 8.65. The molecule has 5 nitrogen and oxygen atoms in total. The van der Waals surface area contributed by atoms with Gasteiger partial charge in [0, 0.05) is 12.1 Å². The number of nitrogens with zero attached hydrogens (tertiary/aromatic N) is 1. The molecule has 2 fully saturated rings. The maximum absolute atomic E-state index is 12.5. The molecule has 0 unspecified atom stereocenters. The zero-order chi connectivity index (χ0) is 16.1. The van der Waals surface area contributed by atoms with E-state index in [1.54, 1.807) is 0 Å². The molecule has 0 aromatic heterocycles. The molecule has 1 aromatic rings. The van der Waals surface area contributed by atoms with Gasteiger partial charge in [-0.3, -0.25) is 9.69 Å². The van der Waals surface area contributed by atoms with Gasteiger partial charge in [0.05, 0.1) is 19.3 Å². The van der Waals surface area contributed by atoms with Gasteiger partial charge in [-0.15, -0.1) is 0 Å². The number of likely N-dealkylation sites (tertiary alicyclic amines) is 1. The zero-order valence-corrected chi connectivity index (χ0v) is 13.8. The second kappa shape index (κ2) is 7.79. The molecule has 2 saturated heterocycles. The third-order valence-electron chi connectivity index (χ3n) is 4.64. The van der Waals surface area contributed by atoms with Crippen LogP contribution in [0.2, 0.25) is 0 Å². The average molecular weight is 318 g/mol. The van der Waals surface area contributed by atoms with E-state index >= 15 is 0 Å². The Morgan fingerprint density at radius 2 is 2.13 bits per heavy atom. The predicted molar refractivity (Wildman–Crippen MR) is 89.8 cm³/mol. The van der Waals surface area contributed by atoms with Crippen LogP contribution in [0.3, 0.4) is 0 Å². The Labute approximate surface area is 137 Å². The molecule has 23 heavy (non-hydrogen) atoms. The van der Waals surface area contributed by atoms with Crippen LogP contribution in [0.15, 0.2) is 24.3 Å². The van der Waals surface area contributed by atoms with E-state index < -0.39 is 0 Å². The number of carbonyl (C=O) groups is 1. The van der Waals surface area contributed by atoms with Crippen LogP contribution in [-0.2, 0) is 9.53 Å². The van der Waals surface area contributed by atoms with E-state index in [0.717, 1.165) is 50.4 Å². The third-order valence-corrected chi connectivity index (χ3v) is 4.64. The summed E-state index contributed by atoms with van der Waals surface area (Å²) in [5, 5.41) is 3.04. The van der Waals surface area contributed by atoms with E-state index in [4.69, 9.17) is 9.47 Å². The van der Waals surface area contributed by atoms with Gasteiger partial charge < -0.3 is 14.8 Å². The average Bonchev–Trinajstić information content (AvgIpc) is 3.09. The van der Waals surface area contributed by atoms with Gasteiger partial charge in [0.2, 0.25) is 5.91 Å². The van der Waals surface area contributed by atoms with Crippen molar-refractivity contribution >= 4 is 11.6 Å². The van der Waals surface area contributed by atoms with Crippen molar-refractivity contribution in [1.82, 2.24) is 4.90 Å². The number of ether oxygens (including phenoxy) is 2. The van der Waals surface area contributed by atoms with Gasteiger partial charge in [-0.05, 0) is 50.2 Å². The number of anilines is 1. The normalized spacial score (nSPS) is 25.3. The number of hydrogen-bond acceptors (Lipinski definition) is 4. The summed E-state index contributed by atoms with van der Waals surface area (Å²) in [6, 6.07) is 7.63. The first-order chi connectivity index (χ1) is 11.3. The van der Waals surface area contributed by atoms with Crippen molar-refractivity contribution in [3.05, 3.63) is 24.3 Å². The van der Waals surface area contributed by atoms with Crippen LogP contribution in [0.1, 0.15) is 32.6 Å². The minimum absolute atomic E-state index is 0.000291. The fourth-order valence-electron chi connectivity index (χ4n) is 3.31. The summed E-state index contributed by atoms with van der Waals surface area (Å²) in [5.74, 6) is 0.927. The molecule has 0 spiro atoms. The Morgan fingerprint density at radius 1 is 1.30 bits per heavy atom. The molecular weight excluding hydrogens is 292 g/mol. The van der Waals surface area contributed by atoms with Crippen molar-refractivity contribution in [3.8, 4) is 5.75 Å². The highest BCUT2D eigenvalue weighted by molar-refractivity contribution is 5.94. The number of hydrogen-bond donors (Lipinski definition) is 1. The lowest BCUT2D eigenvalue weighted by atomic mass is 10.0. The van der Waals surface area contributed by atoms with Gasteiger partial charge in [-0.1, -0.05) is 13.3 Å². The largest absolute Gasteiger partial charge is 0.488 e. The summed E-state index contributed by atoms with van der Waals surface area (Å²) in [5.41, 5.74) is 0.826. The molecule has 1 N–H and O–H groups in total. The summed E-state index contributed by atoms with van der Waals surface area (Å²) in [7, 11) is 0. The molecule has 2 heterocycles. The van der Waals surface area contributed by atoms with E-state index in [1.807, 2.05) is 24.3 Å². The minimum Gasteiger partial charge on any atom is -0.488 e. The maximum atomic E-state index is 12.5. The lowest BCUT2D eigenvalue weighted by Gasteiger charge is -2.33. The summed E-state index contributed by atoms with van der Waals surface area (Å²) in [6.45, 7) is 5.49. The van der Waals surface area contributed by atoms with Crippen LogP contribution >= 0.6 is 0 Å². The highest BCUT2D eigenvalue weighted by Crippen LogP contribution is 2.22. The quantitative estimate of drug-likeness (QED) is 0.907. The summed E-state index contributed by atoms with van der Waals surface area (Å²) >= 11 is 0. The molecule has 1 amide bonds. The first kappa shape index (κ1) is 16.3. The van der Waals surface area contributed by atoms with E-state index in [1.165, 1.54) is 6.42 Å². The molecule has 0 radical (unpaired) electrons. The fourth-order valence-corrected chi connectivity index (χ4v) is 3.31. The zero-order valence-electron chi connectivity index (χ0n) is 13.8. The molecule has 2 atom stereocenters. The number of likely N-dealkylation sites (N-methyl/N-ethyl adjacent to an activating group) is 1. The molecule has 2 aliphatic heterocycles. The van der Waals surface area contributed by atoms with E-state index in [2.05, 4.69) is 17.1 Å². The Hall–Kier alpha value is -1.59. The molecule has 0 bridgehead atoms. The number of rotatable bonds is 5. The van der Waals surface area contributed by atoms with Crippen LogP contribution in [0.4, 0.5) is 5.69 Å². The Morgan fingerprint density at radius 3 is 2.83 bits per heavy atom. The standard InChI is InChI=1S/C18H26N2O3/c1-2-20-11-4-3-5-17(20)18(21)19-14-6-8-15(9-7-14)23-16-10-12-22-13-16/h6-9,16-17H,2-5,10-13H2,1H3,(H,19,21)/t16-,17-/m1/s1. The molecule has 5 heteroatoms. The van der Waals surface area contributed by atoms with Crippen molar-refractivity contribution in [3.63, 3.8) is 0 Å². The second-order valence-electron chi connectivity index (χ2n) is 6.26. The highest BCUT2D eigenvalue weighted by Gasteiger charge is 2.27. The van der Waals surface area contributed by atoms with Crippen LogP contribution in [-0.4, -0.2) is 49.3 Å². The summed E-state index contributed by atoms with van der Waals surface area (Å²) < 4.78 is 11.1. The lowest BCUT2D eigenvalue weighted by molar-refractivity contribution is -0.122. The van der Waals surface area contributed by atoms with Gasteiger partial charge in [-0.2, -0.15) is 0 Å². The summed E-state index contributed by atoms with van der Waals surface area (Å²) in [4.78, 5) is 14.8. The van der Waals surface area contributed by atoms with Crippen molar-refractivity contribution in [2.75, 3.05) is 31.6 Å². The van der Waals surface area contributed by atoms with Crippen LogP contribution in [0, 0.1) is 0 Å². The van der Waals surface area contributed by atoms with E-state index in [0.29, 0.717) is 6.61 Å². The predicted octanol–water partition coefficient (Wildman–Crippen LogP) is 2.67. The minimum atomic E-state index is 0.000291. The second-order valence-corrected chi connectivity index (χ2v) is 6.26. The molecule has 0 aliphatic carbocycles. The van der Waals surface area contributed by atoms with Crippen LogP contribution < -0.4 is 10.1 Å². The monoisotopic (exact) mass is 318 g/mol. The molecule has 2 aliphatic rings. The Bertz CT molecular complexity index is 512. The maximum Gasteiger partial charge on any atom is 0.241 e. The number of nitrogens with one attached hydrogen (secondary N) is 1. The van der Waals surface area contributed by atoms with Crippen LogP contribution in [0.25, 0.3) is 0 Å². The molecule has 0 saturated carbocycles. The highest BCUT2D eigenvalue weighted by atomic mass is 16.5. The third kappa shape index (κ3) is 4.24. The number of amides is 1. The Balaban J connectivity index is 1.55. The van der Waals surface area contributed by atoms with Gasteiger partial charge in [-0.25, -0.2) is 0 Å². The van der Waals surface area contributed by atoms with E-state index in [9.17, 15) is 4.79 Å². The van der Waals surface area contributed by atoms with Crippen molar-refractivity contribution in [1.29, 1.82) is 0 Å². The van der Waals surface area contributed by atoms with Gasteiger partial charge >= 0.3 is 0 Å². The van der Waals surface area contributed by atoms with Crippen molar-refractivity contribution < 1.29 is 14.3 Å². The summed E-state index contributed by atoms with van der Waals surface area (Å²) in [6.07, 6.45) is 4.35. The number of carbonyl (C=O) groups excluding carboxylic acids is 1.